The quantitative estimate of drug-likeness (QED) is 0.236. The van der Waals surface area contributed by atoms with Gasteiger partial charge in [0.25, 0.3) is 0 Å². The van der Waals surface area contributed by atoms with Crippen molar-refractivity contribution in [2.24, 2.45) is 0 Å². The minimum absolute atomic E-state index is 0.955. The Hall–Kier alpha value is -0.0400. The van der Waals surface area contributed by atoms with Crippen LogP contribution < -0.4 is 0 Å². The van der Waals surface area contributed by atoms with E-state index < -0.39 is 0 Å². The van der Waals surface area contributed by atoms with Crippen LogP contribution in [0.3, 0.4) is 0 Å². The normalized spacial score (nSPS) is 16.8. The van der Waals surface area contributed by atoms with Gasteiger partial charge in [0.2, 0.25) is 0 Å². The molecule has 1 aliphatic carbocycles. The summed E-state index contributed by atoms with van der Waals surface area (Å²) in [6.45, 7) is 3.71. The van der Waals surface area contributed by atoms with E-state index in [0.29, 0.717) is 0 Å². The number of quaternary nitrogens is 1. The van der Waals surface area contributed by atoms with E-state index in [2.05, 4.69) is 21.0 Å². The predicted octanol–water partition coefficient (Wildman–Crippen LogP) is 7.10. The molecule has 1 heteroatoms. The number of unbranched alkanes of at least 4 members (excludes halogenated alkanes) is 11. The lowest BCUT2D eigenvalue weighted by Crippen LogP contribution is -2.50. The molecule has 0 radical (unpaired) electrons. The fraction of sp³-hybridized carbons (Fsp3) is 1.00. The second kappa shape index (κ2) is 13.3. The van der Waals surface area contributed by atoms with Crippen molar-refractivity contribution in [2.45, 2.75) is 122 Å². The van der Waals surface area contributed by atoms with Crippen molar-refractivity contribution in [1.82, 2.24) is 0 Å². The average Bonchev–Trinajstić information content (AvgIpc) is 2.56. The number of hydrogen-bond acceptors (Lipinski definition) is 0. The predicted molar refractivity (Wildman–Crippen MR) is 105 cm³/mol. The Morgan fingerprint density at radius 3 is 1.52 bits per heavy atom. The van der Waals surface area contributed by atoms with Crippen molar-refractivity contribution in [2.75, 3.05) is 20.6 Å². The lowest BCUT2D eigenvalue weighted by Gasteiger charge is -2.40. The molecule has 0 spiro atoms. The standard InChI is InChI=1S/C22H46N/c1-4-5-6-7-8-9-10-11-12-13-14-18-21-23(2,3)22-19-16-15-17-20-22/h22H,4-21H2,1-3H3/q+1. The Labute approximate surface area is 147 Å². The number of hydrogen-bond donors (Lipinski definition) is 0. The summed E-state index contributed by atoms with van der Waals surface area (Å²) < 4.78 is 1.29. The lowest BCUT2D eigenvalue weighted by molar-refractivity contribution is -0.916. The zero-order valence-electron chi connectivity index (χ0n) is 16.8. The molecule has 1 nitrogen and oxygen atoms in total. The van der Waals surface area contributed by atoms with Crippen molar-refractivity contribution < 1.29 is 4.48 Å². The molecule has 0 heterocycles. The van der Waals surface area contributed by atoms with Crippen molar-refractivity contribution >= 4 is 0 Å². The lowest BCUT2D eigenvalue weighted by atomic mass is 9.93. The van der Waals surface area contributed by atoms with Crippen LogP contribution in [0, 0.1) is 0 Å². The van der Waals surface area contributed by atoms with E-state index in [4.69, 9.17) is 0 Å². The maximum Gasteiger partial charge on any atom is 0.0886 e. The van der Waals surface area contributed by atoms with Crippen molar-refractivity contribution in [3.05, 3.63) is 0 Å². The fourth-order valence-corrected chi connectivity index (χ4v) is 4.32. The maximum absolute atomic E-state index is 2.48. The molecule has 1 saturated carbocycles. The second-order valence-electron chi connectivity index (χ2n) is 8.68. The van der Waals surface area contributed by atoms with Crippen molar-refractivity contribution in [3.8, 4) is 0 Å². The third kappa shape index (κ3) is 10.4. The molecule has 0 N–H and O–H groups in total. The first-order chi connectivity index (χ1) is 11.2. The summed E-state index contributed by atoms with van der Waals surface area (Å²) in [5.41, 5.74) is 0. The molecule has 0 aromatic carbocycles. The Morgan fingerprint density at radius 2 is 1.04 bits per heavy atom. The first kappa shape index (κ1) is 21.0. The zero-order chi connectivity index (χ0) is 16.8. The molecule has 0 unspecified atom stereocenters. The van der Waals surface area contributed by atoms with E-state index in [-0.39, 0.29) is 0 Å². The van der Waals surface area contributed by atoms with Crippen LogP contribution >= 0.6 is 0 Å². The van der Waals surface area contributed by atoms with Gasteiger partial charge >= 0.3 is 0 Å². The van der Waals surface area contributed by atoms with Crippen LogP contribution in [-0.4, -0.2) is 31.2 Å². The molecule has 0 aliphatic heterocycles. The van der Waals surface area contributed by atoms with Gasteiger partial charge in [-0.2, -0.15) is 0 Å². The molecule has 0 aromatic rings. The van der Waals surface area contributed by atoms with Gasteiger partial charge < -0.3 is 4.48 Å². The summed E-state index contributed by atoms with van der Waals surface area (Å²) in [5.74, 6) is 0. The first-order valence-electron chi connectivity index (χ1n) is 11.0. The van der Waals surface area contributed by atoms with Gasteiger partial charge in [0, 0.05) is 0 Å². The van der Waals surface area contributed by atoms with Crippen LogP contribution in [0.1, 0.15) is 116 Å². The third-order valence-corrected chi connectivity index (χ3v) is 6.15. The smallest absolute Gasteiger partial charge is 0.0886 e. The van der Waals surface area contributed by atoms with Gasteiger partial charge in [-0.15, -0.1) is 0 Å². The van der Waals surface area contributed by atoms with E-state index in [1.165, 1.54) is 120 Å². The van der Waals surface area contributed by atoms with E-state index >= 15 is 0 Å². The SMILES string of the molecule is CCCCCCCCCCCCCC[N+](C)(C)C1CCCCC1. The van der Waals surface area contributed by atoms with E-state index in [1.54, 1.807) is 0 Å². The van der Waals surface area contributed by atoms with E-state index in [0.717, 1.165) is 6.04 Å². The molecule has 0 bridgehead atoms. The van der Waals surface area contributed by atoms with Crippen LogP contribution in [0.5, 0.6) is 0 Å². The molecule has 138 valence electrons. The highest BCUT2D eigenvalue weighted by Crippen LogP contribution is 2.26. The molecule has 0 saturated heterocycles. The summed E-state index contributed by atoms with van der Waals surface area (Å²) in [5, 5.41) is 0. The molecular weight excluding hydrogens is 278 g/mol. The van der Waals surface area contributed by atoms with Crippen LogP contribution in [-0.2, 0) is 0 Å². The topological polar surface area (TPSA) is 0 Å². The molecule has 0 atom stereocenters. The summed E-state index contributed by atoms with van der Waals surface area (Å²) in [6, 6.07) is 0.955. The Bertz CT molecular complexity index is 253. The Balaban J connectivity index is 1.87. The van der Waals surface area contributed by atoms with Gasteiger partial charge in [-0.3, -0.25) is 0 Å². The minimum atomic E-state index is 0.955. The highest BCUT2D eigenvalue weighted by atomic mass is 15.3. The van der Waals surface area contributed by atoms with Gasteiger partial charge in [-0.1, -0.05) is 77.6 Å². The van der Waals surface area contributed by atoms with Gasteiger partial charge in [0.15, 0.2) is 0 Å². The van der Waals surface area contributed by atoms with Crippen LogP contribution in [0.2, 0.25) is 0 Å². The molecule has 1 rings (SSSR count). The second-order valence-corrected chi connectivity index (χ2v) is 8.68. The first-order valence-corrected chi connectivity index (χ1v) is 11.0. The number of nitrogens with zero attached hydrogens (tertiary/aromatic N) is 1. The summed E-state index contributed by atoms with van der Waals surface area (Å²) in [6.07, 6.45) is 24.9. The molecular formula is C22H46N+. The van der Waals surface area contributed by atoms with Gasteiger partial charge in [-0.25, -0.2) is 0 Å². The van der Waals surface area contributed by atoms with Gasteiger partial charge in [0.05, 0.1) is 26.7 Å². The van der Waals surface area contributed by atoms with Gasteiger partial charge in [0.1, 0.15) is 0 Å². The minimum Gasteiger partial charge on any atom is -0.326 e. The van der Waals surface area contributed by atoms with Crippen LogP contribution in [0.4, 0.5) is 0 Å². The van der Waals surface area contributed by atoms with Crippen LogP contribution in [0.15, 0.2) is 0 Å². The van der Waals surface area contributed by atoms with E-state index in [1.807, 2.05) is 0 Å². The summed E-state index contributed by atoms with van der Waals surface area (Å²) in [4.78, 5) is 0. The third-order valence-electron chi connectivity index (χ3n) is 6.15. The Morgan fingerprint density at radius 1 is 0.609 bits per heavy atom. The largest absolute Gasteiger partial charge is 0.326 e. The average molecular weight is 325 g/mol. The Kier molecular flexibility index (Phi) is 12.1. The van der Waals surface area contributed by atoms with E-state index in [9.17, 15) is 0 Å². The molecule has 1 fully saturated rings. The molecule has 0 amide bonds. The molecule has 1 aliphatic rings. The fourth-order valence-electron chi connectivity index (χ4n) is 4.32. The van der Waals surface area contributed by atoms with Crippen LogP contribution in [0.25, 0.3) is 0 Å². The summed E-state index contributed by atoms with van der Waals surface area (Å²) >= 11 is 0. The van der Waals surface area contributed by atoms with Crippen molar-refractivity contribution in [3.63, 3.8) is 0 Å². The molecule has 23 heavy (non-hydrogen) atoms. The monoisotopic (exact) mass is 324 g/mol. The number of rotatable bonds is 14. The zero-order valence-corrected chi connectivity index (χ0v) is 16.8. The van der Waals surface area contributed by atoms with Crippen molar-refractivity contribution in [1.29, 1.82) is 0 Å². The molecule has 0 aromatic heterocycles. The highest BCUT2D eigenvalue weighted by molar-refractivity contribution is 4.65. The maximum atomic E-state index is 2.48. The summed E-state index contributed by atoms with van der Waals surface area (Å²) in [7, 11) is 4.96. The highest BCUT2D eigenvalue weighted by Gasteiger charge is 2.28. The van der Waals surface area contributed by atoms with Gasteiger partial charge in [-0.05, 0) is 38.5 Å².